The maximum Gasteiger partial charge on any atom is 0.404 e. The molecule has 4 N–H and O–H groups in total. The van der Waals surface area contributed by atoms with Gasteiger partial charge < -0.3 is 20.7 Å². The van der Waals surface area contributed by atoms with E-state index in [0.717, 1.165) is 30.2 Å². The summed E-state index contributed by atoms with van der Waals surface area (Å²) >= 11 is 6.13. The molecule has 1 aliphatic carbocycles. The summed E-state index contributed by atoms with van der Waals surface area (Å²) in [7, 11) is 1.83. The Morgan fingerprint density at radius 3 is 2.82 bits per heavy atom. The van der Waals surface area contributed by atoms with E-state index in [4.69, 9.17) is 21.7 Å². The first kappa shape index (κ1) is 21.2. The van der Waals surface area contributed by atoms with Crippen LogP contribution in [0.25, 0.3) is 33.5 Å². The van der Waals surface area contributed by atoms with Crippen LogP contribution in [-0.2, 0) is 7.05 Å². The standard InChI is InChI=1S/C22H22ClN7O3/c1-30-17-7-11(23)5-6-14(17)18(29-30)16-10-25-20-19(28-16)15(9-24-20)21(31)26-12-3-2-4-13(8-12)27-22(32)33/h5-7,9-10,12-13,27H,2-4,8H2,1H3,(H,24,25)(H,26,31)(H,32,33). The molecule has 2 amide bonds. The highest BCUT2D eigenvalue weighted by Crippen LogP contribution is 2.29. The second-order valence-corrected chi connectivity index (χ2v) is 8.71. The number of benzene rings is 1. The van der Waals surface area contributed by atoms with Gasteiger partial charge in [0.2, 0.25) is 0 Å². The molecule has 170 valence electrons. The maximum absolute atomic E-state index is 13.0. The largest absolute Gasteiger partial charge is 0.465 e. The Morgan fingerprint density at radius 2 is 2.03 bits per heavy atom. The predicted molar refractivity (Wildman–Crippen MR) is 123 cm³/mol. The highest BCUT2D eigenvalue weighted by atomic mass is 35.5. The minimum atomic E-state index is -1.05. The normalized spacial score (nSPS) is 18.5. The van der Waals surface area contributed by atoms with Crippen LogP contribution in [0.15, 0.2) is 30.6 Å². The van der Waals surface area contributed by atoms with Crippen molar-refractivity contribution >= 4 is 45.7 Å². The fourth-order valence-electron chi connectivity index (χ4n) is 4.49. The molecule has 0 spiro atoms. The van der Waals surface area contributed by atoms with Gasteiger partial charge in [0.25, 0.3) is 5.91 Å². The monoisotopic (exact) mass is 467 g/mol. The molecule has 5 rings (SSSR count). The summed E-state index contributed by atoms with van der Waals surface area (Å²) in [6, 6.07) is 5.25. The van der Waals surface area contributed by atoms with Crippen molar-refractivity contribution in [3.8, 4) is 11.4 Å². The van der Waals surface area contributed by atoms with Gasteiger partial charge in [-0.25, -0.2) is 14.8 Å². The fraction of sp³-hybridized carbons (Fsp3) is 0.318. The number of rotatable bonds is 4. The van der Waals surface area contributed by atoms with Gasteiger partial charge in [-0.15, -0.1) is 0 Å². The predicted octanol–water partition coefficient (Wildman–Crippen LogP) is 3.47. The van der Waals surface area contributed by atoms with E-state index in [2.05, 4.69) is 25.7 Å². The third-order valence-corrected chi connectivity index (χ3v) is 6.25. The van der Waals surface area contributed by atoms with E-state index < -0.39 is 6.09 Å². The Labute approximate surface area is 193 Å². The van der Waals surface area contributed by atoms with Crippen molar-refractivity contribution in [2.75, 3.05) is 0 Å². The third-order valence-electron chi connectivity index (χ3n) is 6.02. The van der Waals surface area contributed by atoms with Gasteiger partial charge in [0.15, 0.2) is 5.65 Å². The Bertz CT molecular complexity index is 1380. The molecule has 1 aliphatic rings. The number of halogens is 1. The smallest absolute Gasteiger partial charge is 0.404 e. The van der Waals surface area contributed by atoms with Crippen LogP contribution in [0.3, 0.4) is 0 Å². The highest BCUT2D eigenvalue weighted by Gasteiger charge is 2.26. The van der Waals surface area contributed by atoms with E-state index in [9.17, 15) is 9.59 Å². The first-order valence-electron chi connectivity index (χ1n) is 10.7. The molecule has 1 aromatic carbocycles. The lowest BCUT2D eigenvalue weighted by atomic mass is 9.91. The van der Waals surface area contributed by atoms with Crippen LogP contribution in [0.5, 0.6) is 0 Å². The van der Waals surface area contributed by atoms with Crippen LogP contribution in [-0.4, -0.2) is 53.9 Å². The summed E-state index contributed by atoms with van der Waals surface area (Å²) in [6.45, 7) is 0. The molecule has 1 saturated carbocycles. The van der Waals surface area contributed by atoms with Gasteiger partial charge in [-0.2, -0.15) is 5.10 Å². The minimum absolute atomic E-state index is 0.117. The first-order chi connectivity index (χ1) is 15.9. The molecule has 10 nitrogen and oxygen atoms in total. The van der Waals surface area contributed by atoms with Gasteiger partial charge in [-0.3, -0.25) is 9.48 Å². The molecule has 0 bridgehead atoms. The lowest BCUT2D eigenvalue weighted by Crippen LogP contribution is -2.45. The second-order valence-electron chi connectivity index (χ2n) is 8.27. The minimum Gasteiger partial charge on any atom is -0.465 e. The summed E-state index contributed by atoms with van der Waals surface area (Å²) in [5.74, 6) is -0.272. The molecule has 4 aromatic rings. The van der Waals surface area contributed by atoms with Crippen LogP contribution >= 0.6 is 11.6 Å². The number of aromatic amines is 1. The topological polar surface area (TPSA) is 138 Å². The van der Waals surface area contributed by atoms with Gasteiger partial charge in [0, 0.05) is 35.7 Å². The van der Waals surface area contributed by atoms with Crippen molar-refractivity contribution in [3.63, 3.8) is 0 Å². The zero-order valence-corrected chi connectivity index (χ0v) is 18.6. The van der Waals surface area contributed by atoms with Crippen molar-refractivity contribution in [1.82, 2.24) is 35.4 Å². The maximum atomic E-state index is 13.0. The number of aromatic nitrogens is 5. The average Bonchev–Trinajstić information content (AvgIpc) is 3.34. The first-order valence-corrected chi connectivity index (χ1v) is 11.0. The molecule has 3 heterocycles. The van der Waals surface area contributed by atoms with E-state index in [1.807, 2.05) is 19.2 Å². The Balaban J connectivity index is 1.43. The second kappa shape index (κ2) is 8.36. The molecule has 2 unspecified atom stereocenters. The van der Waals surface area contributed by atoms with E-state index in [0.29, 0.717) is 39.6 Å². The molecule has 11 heteroatoms. The van der Waals surface area contributed by atoms with Crippen LogP contribution in [0.4, 0.5) is 4.79 Å². The SMILES string of the molecule is Cn1nc(-c2cnc3[nH]cc(C(=O)NC4CCCC(NC(=O)O)C4)c3n2)c2ccc(Cl)cc21. The Kier molecular flexibility index (Phi) is 5.37. The molecule has 3 aromatic heterocycles. The quantitative estimate of drug-likeness (QED) is 0.362. The molecular weight excluding hydrogens is 446 g/mol. The molecule has 33 heavy (non-hydrogen) atoms. The number of hydrogen-bond donors (Lipinski definition) is 4. The molecule has 0 saturated heterocycles. The van der Waals surface area contributed by atoms with Gasteiger partial charge >= 0.3 is 6.09 Å². The van der Waals surface area contributed by atoms with E-state index in [1.54, 1.807) is 23.1 Å². The molecule has 0 radical (unpaired) electrons. The third kappa shape index (κ3) is 4.09. The van der Waals surface area contributed by atoms with Crippen molar-refractivity contribution in [3.05, 3.63) is 41.2 Å². The van der Waals surface area contributed by atoms with Gasteiger partial charge in [0.1, 0.15) is 16.9 Å². The van der Waals surface area contributed by atoms with Crippen molar-refractivity contribution in [2.45, 2.75) is 37.8 Å². The van der Waals surface area contributed by atoms with Gasteiger partial charge in [-0.05, 0) is 43.9 Å². The number of nitrogens with one attached hydrogen (secondary N) is 3. The highest BCUT2D eigenvalue weighted by molar-refractivity contribution is 6.31. The number of fused-ring (bicyclic) bond motifs is 2. The number of hydrogen-bond acceptors (Lipinski definition) is 5. The Morgan fingerprint density at radius 1 is 1.24 bits per heavy atom. The zero-order valence-electron chi connectivity index (χ0n) is 17.8. The lowest BCUT2D eigenvalue weighted by molar-refractivity contribution is 0.0925. The summed E-state index contributed by atoms with van der Waals surface area (Å²) in [5.41, 5.74) is 3.41. The average molecular weight is 468 g/mol. The van der Waals surface area contributed by atoms with E-state index in [-0.39, 0.29) is 18.0 Å². The molecule has 0 aliphatic heterocycles. The van der Waals surface area contributed by atoms with Crippen molar-refractivity contribution in [2.24, 2.45) is 7.05 Å². The summed E-state index contributed by atoms with van der Waals surface area (Å²) in [6.07, 6.45) is 5.13. The van der Waals surface area contributed by atoms with Crippen LogP contribution in [0.1, 0.15) is 36.0 Å². The number of nitrogens with zero attached hydrogens (tertiary/aromatic N) is 4. The lowest BCUT2D eigenvalue weighted by Gasteiger charge is -2.29. The number of carboxylic acid groups (broad SMARTS) is 1. The summed E-state index contributed by atoms with van der Waals surface area (Å²) < 4.78 is 1.73. The molecule has 1 fully saturated rings. The fourth-order valence-corrected chi connectivity index (χ4v) is 4.65. The zero-order chi connectivity index (χ0) is 23.1. The van der Waals surface area contributed by atoms with Crippen LogP contribution in [0, 0.1) is 0 Å². The van der Waals surface area contributed by atoms with Crippen LogP contribution < -0.4 is 10.6 Å². The number of amides is 2. The summed E-state index contributed by atoms with van der Waals surface area (Å²) in [5, 5.41) is 20.6. The number of carbonyl (C=O) groups is 2. The van der Waals surface area contributed by atoms with Crippen molar-refractivity contribution in [1.29, 1.82) is 0 Å². The van der Waals surface area contributed by atoms with E-state index >= 15 is 0 Å². The van der Waals surface area contributed by atoms with E-state index in [1.165, 1.54) is 0 Å². The van der Waals surface area contributed by atoms with Gasteiger partial charge in [-0.1, -0.05) is 11.6 Å². The molecule has 2 atom stereocenters. The van der Waals surface area contributed by atoms with Crippen molar-refractivity contribution < 1.29 is 14.7 Å². The number of carbonyl (C=O) groups excluding carboxylic acids is 1. The summed E-state index contributed by atoms with van der Waals surface area (Å²) in [4.78, 5) is 36.1. The number of H-pyrrole nitrogens is 1. The van der Waals surface area contributed by atoms with Gasteiger partial charge in [0.05, 0.1) is 17.3 Å². The Hall–Kier alpha value is -3.66. The van der Waals surface area contributed by atoms with Crippen LogP contribution in [0.2, 0.25) is 5.02 Å². The number of aryl methyl sites for hydroxylation is 1. The molecular formula is C22H22ClN7O3.